The van der Waals surface area contributed by atoms with E-state index in [9.17, 15) is 8.42 Å². The van der Waals surface area contributed by atoms with Gasteiger partial charge in [-0.25, -0.2) is 13.1 Å². The van der Waals surface area contributed by atoms with Crippen LogP contribution < -0.4 is 4.72 Å². The van der Waals surface area contributed by atoms with Crippen molar-refractivity contribution in [3.8, 4) is 0 Å². The van der Waals surface area contributed by atoms with Gasteiger partial charge in [-0.1, -0.05) is 35.9 Å². The largest absolute Gasteiger partial charge is 0.392 e. The highest BCUT2D eigenvalue weighted by molar-refractivity contribution is 9.10. The lowest BCUT2D eigenvalue weighted by molar-refractivity contribution is 0.281. The molecule has 0 atom stereocenters. The molecule has 2 N–H and O–H groups in total. The maximum atomic E-state index is 12.3. The van der Waals surface area contributed by atoms with Crippen LogP contribution in [0, 0.1) is 0 Å². The van der Waals surface area contributed by atoms with Gasteiger partial charge in [0.25, 0.3) is 0 Å². The number of aliphatic hydroxyl groups is 1. The number of aliphatic hydroxyl groups excluding tert-OH is 1. The summed E-state index contributed by atoms with van der Waals surface area (Å²) < 4.78 is 27.6. The topological polar surface area (TPSA) is 66.4 Å². The van der Waals surface area contributed by atoms with Crippen molar-refractivity contribution in [2.24, 2.45) is 0 Å². The summed E-state index contributed by atoms with van der Waals surface area (Å²) in [5.74, 6) is 0. The summed E-state index contributed by atoms with van der Waals surface area (Å²) in [4.78, 5) is 0.0844. The van der Waals surface area contributed by atoms with Gasteiger partial charge in [0.1, 0.15) is 0 Å². The zero-order valence-electron chi connectivity index (χ0n) is 10.9. The van der Waals surface area contributed by atoms with Gasteiger partial charge in [-0.15, -0.1) is 0 Å². The van der Waals surface area contributed by atoms with Crippen molar-refractivity contribution in [3.63, 3.8) is 0 Å². The summed E-state index contributed by atoms with van der Waals surface area (Å²) in [6, 6.07) is 11.7. The van der Waals surface area contributed by atoms with E-state index in [1.165, 1.54) is 6.07 Å². The van der Waals surface area contributed by atoms with Gasteiger partial charge in [-0.05, 0) is 45.3 Å². The SMILES string of the molecule is O=S(=O)(NCc1ccccc1Cl)c1cc(CO)ccc1Br. The van der Waals surface area contributed by atoms with Crippen LogP contribution in [0.25, 0.3) is 0 Å². The molecule has 0 bridgehead atoms. The van der Waals surface area contributed by atoms with Gasteiger partial charge in [-0.3, -0.25) is 0 Å². The van der Waals surface area contributed by atoms with Gasteiger partial charge in [0, 0.05) is 16.0 Å². The molecule has 7 heteroatoms. The minimum Gasteiger partial charge on any atom is -0.392 e. The average Bonchev–Trinajstić information content (AvgIpc) is 2.47. The van der Waals surface area contributed by atoms with E-state index in [1.54, 1.807) is 36.4 Å². The molecule has 0 radical (unpaired) electrons. The van der Waals surface area contributed by atoms with E-state index in [-0.39, 0.29) is 18.0 Å². The van der Waals surface area contributed by atoms with E-state index in [0.29, 0.717) is 20.6 Å². The van der Waals surface area contributed by atoms with Crippen LogP contribution in [0.15, 0.2) is 51.8 Å². The standard InChI is InChI=1S/C14H13BrClNO3S/c15-12-6-5-10(9-18)7-14(12)21(19,20)17-8-11-3-1-2-4-13(11)16/h1-7,17-18H,8-9H2. The monoisotopic (exact) mass is 389 g/mol. The normalized spacial score (nSPS) is 11.6. The highest BCUT2D eigenvalue weighted by Crippen LogP contribution is 2.24. The van der Waals surface area contributed by atoms with Crippen LogP contribution in [-0.4, -0.2) is 13.5 Å². The number of sulfonamides is 1. The van der Waals surface area contributed by atoms with Crippen LogP contribution in [0.4, 0.5) is 0 Å². The number of nitrogens with one attached hydrogen (secondary N) is 1. The van der Waals surface area contributed by atoms with E-state index in [2.05, 4.69) is 20.7 Å². The minimum absolute atomic E-state index is 0.0844. The molecule has 2 aromatic carbocycles. The van der Waals surface area contributed by atoms with E-state index in [0.717, 1.165) is 0 Å². The fraction of sp³-hybridized carbons (Fsp3) is 0.143. The molecule has 0 amide bonds. The molecule has 2 aromatic rings. The van der Waals surface area contributed by atoms with Crippen molar-refractivity contribution in [1.29, 1.82) is 0 Å². The van der Waals surface area contributed by atoms with Crippen LogP contribution in [0.2, 0.25) is 5.02 Å². The van der Waals surface area contributed by atoms with Gasteiger partial charge in [0.05, 0.1) is 11.5 Å². The van der Waals surface area contributed by atoms with Crippen molar-refractivity contribution in [2.75, 3.05) is 0 Å². The molecule has 0 aliphatic carbocycles. The molecule has 0 aliphatic rings. The van der Waals surface area contributed by atoms with Crippen molar-refractivity contribution in [3.05, 3.63) is 63.1 Å². The summed E-state index contributed by atoms with van der Waals surface area (Å²) in [6.45, 7) is -0.127. The fourth-order valence-corrected chi connectivity index (χ4v) is 3.97. The van der Waals surface area contributed by atoms with Gasteiger partial charge in [0.2, 0.25) is 10.0 Å². The molecule has 0 aromatic heterocycles. The smallest absolute Gasteiger partial charge is 0.242 e. The highest BCUT2D eigenvalue weighted by atomic mass is 79.9. The lowest BCUT2D eigenvalue weighted by Gasteiger charge is -2.10. The second-order valence-electron chi connectivity index (χ2n) is 4.34. The predicted octanol–water partition coefficient (Wildman–Crippen LogP) is 3.07. The van der Waals surface area contributed by atoms with Crippen LogP contribution in [0.5, 0.6) is 0 Å². The Morgan fingerprint density at radius 3 is 2.57 bits per heavy atom. The first-order valence-corrected chi connectivity index (χ1v) is 8.72. The third-order valence-corrected chi connectivity index (χ3v) is 5.64. The van der Waals surface area contributed by atoms with Crippen LogP contribution in [-0.2, 0) is 23.2 Å². The van der Waals surface area contributed by atoms with E-state index in [1.807, 2.05) is 0 Å². The van der Waals surface area contributed by atoms with Crippen molar-refractivity contribution in [2.45, 2.75) is 18.0 Å². The lowest BCUT2D eigenvalue weighted by atomic mass is 10.2. The number of benzene rings is 2. The molecule has 0 fully saturated rings. The molecule has 0 spiro atoms. The first kappa shape index (κ1) is 16.5. The third kappa shape index (κ3) is 4.05. The van der Waals surface area contributed by atoms with Gasteiger partial charge in [0.15, 0.2) is 0 Å². The molecule has 0 heterocycles. The van der Waals surface area contributed by atoms with E-state index < -0.39 is 10.0 Å². The van der Waals surface area contributed by atoms with Crippen LogP contribution in [0.3, 0.4) is 0 Å². The quantitative estimate of drug-likeness (QED) is 0.824. The molecule has 21 heavy (non-hydrogen) atoms. The Morgan fingerprint density at radius 1 is 1.19 bits per heavy atom. The Labute approximate surface area is 136 Å². The van der Waals surface area contributed by atoms with Gasteiger partial charge < -0.3 is 5.11 Å². The predicted molar refractivity (Wildman–Crippen MR) is 85.5 cm³/mol. The number of halogens is 2. The maximum absolute atomic E-state index is 12.3. The summed E-state index contributed by atoms with van der Waals surface area (Å²) in [6.07, 6.45) is 0. The summed E-state index contributed by atoms with van der Waals surface area (Å²) >= 11 is 9.21. The summed E-state index contributed by atoms with van der Waals surface area (Å²) in [5.41, 5.74) is 1.22. The van der Waals surface area contributed by atoms with Gasteiger partial charge >= 0.3 is 0 Å². The Hall–Kier alpha value is -0.920. The molecule has 4 nitrogen and oxygen atoms in total. The summed E-state index contributed by atoms with van der Waals surface area (Å²) in [5, 5.41) is 9.62. The Bertz CT molecular complexity index is 750. The van der Waals surface area contributed by atoms with Crippen LogP contribution >= 0.6 is 27.5 Å². The first-order valence-electron chi connectivity index (χ1n) is 6.06. The highest BCUT2D eigenvalue weighted by Gasteiger charge is 2.18. The molecule has 0 aliphatic heterocycles. The Balaban J connectivity index is 2.25. The molecular weight excluding hydrogens is 378 g/mol. The average molecular weight is 391 g/mol. The molecule has 2 rings (SSSR count). The number of hydrogen-bond acceptors (Lipinski definition) is 3. The Morgan fingerprint density at radius 2 is 1.90 bits per heavy atom. The molecule has 0 saturated carbocycles. The lowest BCUT2D eigenvalue weighted by Crippen LogP contribution is -2.24. The Kier molecular flexibility index (Phi) is 5.40. The number of rotatable bonds is 5. The maximum Gasteiger partial charge on any atom is 0.242 e. The van der Waals surface area contributed by atoms with E-state index >= 15 is 0 Å². The molecule has 0 saturated heterocycles. The second kappa shape index (κ2) is 6.89. The van der Waals surface area contributed by atoms with Crippen molar-refractivity contribution >= 4 is 37.6 Å². The van der Waals surface area contributed by atoms with E-state index in [4.69, 9.17) is 16.7 Å². The second-order valence-corrected chi connectivity index (χ2v) is 7.34. The third-order valence-electron chi connectivity index (χ3n) is 2.88. The summed E-state index contributed by atoms with van der Waals surface area (Å²) in [7, 11) is -3.71. The van der Waals surface area contributed by atoms with Crippen LogP contribution in [0.1, 0.15) is 11.1 Å². The minimum atomic E-state index is -3.71. The van der Waals surface area contributed by atoms with Gasteiger partial charge in [-0.2, -0.15) is 0 Å². The molecular formula is C14H13BrClNO3S. The van der Waals surface area contributed by atoms with Crippen molar-refractivity contribution < 1.29 is 13.5 Å². The number of hydrogen-bond donors (Lipinski definition) is 2. The zero-order chi connectivity index (χ0) is 15.5. The van der Waals surface area contributed by atoms with Crippen molar-refractivity contribution in [1.82, 2.24) is 4.72 Å². The first-order chi connectivity index (χ1) is 9.94. The zero-order valence-corrected chi connectivity index (χ0v) is 14.0. The molecule has 112 valence electrons. The fourth-order valence-electron chi connectivity index (χ4n) is 1.74. The molecule has 0 unspecified atom stereocenters.